The molecule has 0 amide bonds. The van der Waals surface area contributed by atoms with E-state index in [-0.39, 0.29) is 24.0 Å². The first kappa shape index (κ1) is 24.2. The van der Waals surface area contributed by atoms with E-state index in [1.54, 1.807) is 0 Å². The van der Waals surface area contributed by atoms with Crippen LogP contribution in [0.15, 0.2) is 15.6 Å². The molecular weight excluding hydrogens is 483 g/mol. The molecule has 1 aromatic heterocycles. The van der Waals surface area contributed by atoms with Gasteiger partial charge in [-0.3, -0.25) is 0 Å². The van der Waals surface area contributed by atoms with E-state index in [0.29, 0.717) is 63.3 Å². The summed E-state index contributed by atoms with van der Waals surface area (Å²) in [7, 11) is -3.23. The number of halogens is 1. The van der Waals surface area contributed by atoms with Crippen molar-refractivity contribution in [3.8, 4) is 0 Å². The van der Waals surface area contributed by atoms with Gasteiger partial charge in [0.2, 0.25) is 0 Å². The molecule has 2 heterocycles. The Bertz CT molecular complexity index is 712. The van der Waals surface area contributed by atoms with E-state index in [1.807, 2.05) is 13.0 Å². The fourth-order valence-electron chi connectivity index (χ4n) is 2.84. The normalized spacial score (nSPS) is 17.4. The van der Waals surface area contributed by atoms with Crippen LogP contribution < -0.4 is 10.6 Å². The number of nitrogens with one attached hydrogen (secondary N) is 2. The van der Waals surface area contributed by atoms with Crippen molar-refractivity contribution < 1.29 is 17.7 Å². The van der Waals surface area contributed by atoms with Crippen molar-refractivity contribution in [3.05, 3.63) is 17.5 Å². The van der Waals surface area contributed by atoms with Crippen molar-refractivity contribution in [2.75, 3.05) is 32.6 Å². The molecular formula is C17H31IN4O4S. The average molecular weight is 514 g/mol. The van der Waals surface area contributed by atoms with Crippen LogP contribution in [-0.2, 0) is 21.1 Å². The van der Waals surface area contributed by atoms with Gasteiger partial charge in [-0.2, -0.15) is 0 Å². The van der Waals surface area contributed by atoms with E-state index in [0.717, 1.165) is 5.69 Å². The van der Waals surface area contributed by atoms with Gasteiger partial charge >= 0.3 is 0 Å². The Morgan fingerprint density at radius 3 is 2.52 bits per heavy atom. The van der Waals surface area contributed by atoms with E-state index >= 15 is 0 Å². The molecule has 156 valence electrons. The highest BCUT2D eigenvalue weighted by Gasteiger charge is 2.42. The Morgan fingerprint density at radius 2 is 2.00 bits per heavy atom. The van der Waals surface area contributed by atoms with Crippen molar-refractivity contribution in [2.45, 2.75) is 50.8 Å². The maximum atomic E-state index is 12.3. The highest BCUT2D eigenvalue weighted by Crippen LogP contribution is 2.28. The topological polar surface area (TPSA) is 106 Å². The van der Waals surface area contributed by atoms with Crippen molar-refractivity contribution >= 4 is 39.8 Å². The summed E-state index contributed by atoms with van der Waals surface area (Å²) in [5.74, 6) is 1.53. The van der Waals surface area contributed by atoms with Crippen LogP contribution in [0.5, 0.6) is 0 Å². The number of hydrogen-bond donors (Lipinski definition) is 2. The lowest BCUT2D eigenvalue weighted by molar-refractivity contribution is 0.0756. The summed E-state index contributed by atoms with van der Waals surface area (Å²) in [6, 6.07) is 1.90. The van der Waals surface area contributed by atoms with Crippen LogP contribution in [0.2, 0.25) is 0 Å². The number of ether oxygens (including phenoxy) is 1. The molecule has 8 nitrogen and oxygen atoms in total. The Labute approximate surface area is 178 Å². The number of guanidine groups is 1. The van der Waals surface area contributed by atoms with Gasteiger partial charge in [-0.25, -0.2) is 13.4 Å². The van der Waals surface area contributed by atoms with E-state index in [1.165, 1.54) is 6.26 Å². The second-order valence-electron chi connectivity index (χ2n) is 6.99. The predicted octanol–water partition coefficient (Wildman–Crippen LogP) is 2.06. The number of hydrogen-bond acceptors (Lipinski definition) is 6. The minimum atomic E-state index is -3.23. The summed E-state index contributed by atoms with van der Waals surface area (Å²) in [5.41, 5.74) is 0.895. The Kier molecular flexibility index (Phi) is 9.49. The summed E-state index contributed by atoms with van der Waals surface area (Å²) in [4.78, 5) is 4.49. The zero-order valence-corrected chi connectivity index (χ0v) is 19.6. The fourth-order valence-corrected chi connectivity index (χ4v) is 4.08. The molecule has 0 bridgehead atoms. The molecule has 1 aromatic rings. The lowest BCUT2D eigenvalue weighted by Gasteiger charge is -2.35. The third-order valence-corrected chi connectivity index (χ3v) is 6.80. The van der Waals surface area contributed by atoms with Gasteiger partial charge in [-0.15, -0.1) is 24.0 Å². The predicted molar refractivity (Wildman–Crippen MR) is 116 cm³/mol. The van der Waals surface area contributed by atoms with Crippen LogP contribution >= 0.6 is 24.0 Å². The highest BCUT2D eigenvalue weighted by atomic mass is 127. The van der Waals surface area contributed by atoms with Gasteiger partial charge in [-0.1, -0.05) is 19.0 Å². The fraction of sp³-hybridized carbons (Fsp3) is 0.765. The first-order chi connectivity index (χ1) is 12.3. The van der Waals surface area contributed by atoms with Crippen LogP contribution in [0.3, 0.4) is 0 Å². The summed E-state index contributed by atoms with van der Waals surface area (Å²) >= 11 is 0. The van der Waals surface area contributed by atoms with E-state index in [9.17, 15) is 8.42 Å². The minimum absolute atomic E-state index is 0. The molecule has 1 aliphatic rings. The van der Waals surface area contributed by atoms with E-state index < -0.39 is 14.6 Å². The van der Waals surface area contributed by atoms with Crippen LogP contribution in [0, 0.1) is 0 Å². The second-order valence-corrected chi connectivity index (χ2v) is 9.40. The highest BCUT2D eigenvalue weighted by molar-refractivity contribution is 14.0. The zero-order chi connectivity index (χ0) is 19.2. The van der Waals surface area contributed by atoms with Crippen LogP contribution in [0.4, 0.5) is 0 Å². The Balaban J connectivity index is 0.00000364. The third kappa shape index (κ3) is 6.60. The van der Waals surface area contributed by atoms with Crippen molar-refractivity contribution in [2.24, 2.45) is 4.99 Å². The van der Waals surface area contributed by atoms with Gasteiger partial charge in [-0.05, 0) is 25.7 Å². The van der Waals surface area contributed by atoms with E-state index in [4.69, 9.17) is 9.26 Å². The molecule has 0 unspecified atom stereocenters. The molecule has 1 saturated heterocycles. The van der Waals surface area contributed by atoms with Gasteiger partial charge in [0, 0.05) is 38.6 Å². The first-order valence-electron chi connectivity index (χ1n) is 9.02. The molecule has 1 fully saturated rings. The van der Waals surface area contributed by atoms with Crippen molar-refractivity contribution in [3.63, 3.8) is 0 Å². The van der Waals surface area contributed by atoms with Crippen molar-refractivity contribution in [1.29, 1.82) is 0 Å². The number of nitrogens with zero attached hydrogens (tertiary/aromatic N) is 2. The smallest absolute Gasteiger partial charge is 0.191 e. The summed E-state index contributed by atoms with van der Waals surface area (Å²) in [5, 5.41) is 10.3. The SMILES string of the molecule is CCNC(=NCc1cc(C(C)C)no1)NCC1(S(C)(=O)=O)CCOCC1.I. The molecule has 10 heteroatoms. The molecule has 0 spiro atoms. The Morgan fingerprint density at radius 1 is 1.33 bits per heavy atom. The van der Waals surface area contributed by atoms with Gasteiger partial charge < -0.3 is 19.9 Å². The lowest BCUT2D eigenvalue weighted by atomic mass is 9.99. The lowest BCUT2D eigenvalue weighted by Crippen LogP contribution is -2.53. The van der Waals surface area contributed by atoms with Gasteiger partial charge in [0.1, 0.15) is 6.54 Å². The molecule has 0 saturated carbocycles. The average Bonchev–Trinajstić information content (AvgIpc) is 3.06. The number of rotatable bonds is 7. The van der Waals surface area contributed by atoms with E-state index in [2.05, 4.69) is 34.6 Å². The minimum Gasteiger partial charge on any atom is -0.381 e. The second kappa shape index (κ2) is 10.6. The van der Waals surface area contributed by atoms with Crippen LogP contribution in [0.1, 0.15) is 51.0 Å². The van der Waals surface area contributed by atoms with Crippen molar-refractivity contribution in [1.82, 2.24) is 15.8 Å². The van der Waals surface area contributed by atoms with Gasteiger partial charge in [0.05, 0.1) is 10.4 Å². The molecule has 1 aliphatic heterocycles. The quantitative estimate of drug-likeness (QED) is 0.326. The molecule has 0 atom stereocenters. The Hall–Kier alpha value is -0.880. The molecule has 0 aromatic carbocycles. The van der Waals surface area contributed by atoms with Crippen LogP contribution in [0.25, 0.3) is 0 Å². The monoisotopic (exact) mass is 514 g/mol. The first-order valence-corrected chi connectivity index (χ1v) is 10.9. The molecule has 2 N–H and O–H groups in total. The standard InChI is InChI=1S/C17H30N4O4S.HI/c1-5-18-16(19-11-14-10-15(13(2)3)21-25-14)20-12-17(26(4,22)23)6-8-24-9-7-17;/h10,13H,5-9,11-12H2,1-4H3,(H2,18,19,20);1H. The number of aromatic nitrogens is 1. The third-order valence-electron chi connectivity index (χ3n) is 4.67. The molecule has 2 rings (SSSR count). The van der Waals surface area contributed by atoms with Gasteiger partial charge in [0.25, 0.3) is 0 Å². The molecule has 27 heavy (non-hydrogen) atoms. The number of aliphatic imine (C=N–C) groups is 1. The summed E-state index contributed by atoms with van der Waals surface area (Å²) < 4.78 is 34.5. The maximum absolute atomic E-state index is 12.3. The molecule has 0 radical (unpaired) electrons. The van der Waals surface area contributed by atoms with Gasteiger partial charge in [0.15, 0.2) is 21.6 Å². The summed E-state index contributed by atoms with van der Waals surface area (Å²) in [6.07, 6.45) is 2.27. The molecule has 0 aliphatic carbocycles. The summed E-state index contributed by atoms with van der Waals surface area (Å²) in [6.45, 7) is 8.29. The maximum Gasteiger partial charge on any atom is 0.191 e. The number of sulfone groups is 1. The zero-order valence-electron chi connectivity index (χ0n) is 16.4. The largest absolute Gasteiger partial charge is 0.381 e. The van der Waals surface area contributed by atoms with Crippen LogP contribution in [-0.4, -0.2) is 56.8 Å².